The summed E-state index contributed by atoms with van der Waals surface area (Å²) in [5.41, 5.74) is 2.26. The van der Waals surface area contributed by atoms with E-state index >= 15 is 0 Å². The lowest BCUT2D eigenvalue weighted by Gasteiger charge is -2.13. The Morgan fingerprint density at radius 3 is 2.72 bits per heavy atom. The van der Waals surface area contributed by atoms with Crippen molar-refractivity contribution in [3.63, 3.8) is 0 Å². The van der Waals surface area contributed by atoms with Crippen LogP contribution in [0.15, 0.2) is 39.8 Å². The number of guanidine groups is 1. The number of aliphatic imine (C=N–C) groups is 1. The molecular weight excluding hydrogens is 382 g/mol. The molecule has 0 bridgehead atoms. The van der Waals surface area contributed by atoms with Crippen molar-refractivity contribution >= 4 is 21.9 Å². The first-order chi connectivity index (χ1) is 12.1. The second-order valence-electron chi connectivity index (χ2n) is 5.74. The summed E-state index contributed by atoms with van der Waals surface area (Å²) in [7, 11) is 1.77. The molecule has 2 rings (SSSR count). The van der Waals surface area contributed by atoms with E-state index in [-0.39, 0.29) is 0 Å². The summed E-state index contributed by atoms with van der Waals surface area (Å²) in [5, 5.41) is 11.0. The highest BCUT2D eigenvalue weighted by Crippen LogP contribution is 2.17. The minimum Gasteiger partial charge on any atom is -0.492 e. The van der Waals surface area contributed by atoms with Gasteiger partial charge >= 0.3 is 0 Å². The van der Waals surface area contributed by atoms with Crippen LogP contribution in [0, 0.1) is 13.8 Å². The summed E-state index contributed by atoms with van der Waals surface area (Å²) >= 11 is 3.43. The molecule has 0 radical (unpaired) electrons. The van der Waals surface area contributed by atoms with Crippen LogP contribution in [0.3, 0.4) is 0 Å². The highest BCUT2D eigenvalue weighted by molar-refractivity contribution is 9.10. The predicted molar refractivity (Wildman–Crippen MR) is 105 cm³/mol. The van der Waals surface area contributed by atoms with E-state index in [0.717, 1.165) is 41.4 Å². The lowest BCUT2D eigenvalue weighted by molar-refractivity contribution is 0.321. The highest BCUT2D eigenvalue weighted by atomic mass is 79.9. The third-order valence-corrected chi connectivity index (χ3v) is 4.12. The molecule has 0 aliphatic carbocycles. The van der Waals surface area contributed by atoms with Crippen LogP contribution in [-0.4, -0.2) is 42.5 Å². The van der Waals surface area contributed by atoms with Crippen LogP contribution in [0.5, 0.6) is 5.75 Å². The van der Waals surface area contributed by atoms with E-state index in [1.54, 1.807) is 7.05 Å². The third-order valence-electron chi connectivity index (χ3n) is 3.63. The Kier molecular flexibility index (Phi) is 7.78. The van der Waals surface area contributed by atoms with E-state index in [2.05, 4.69) is 49.6 Å². The van der Waals surface area contributed by atoms with Crippen LogP contribution in [0.25, 0.3) is 0 Å². The number of halogens is 1. The van der Waals surface area contributed by atoms with Gasteiger partial charge in [0.2, 0.25) is 0 Å². The molecule has 2 aromatic rings. The molecule has 0 saturated heterocycles. The minimum absolute atomic E-state index is 0.572. The average molecular weight is 408 g/mol. The molecular formula is C18H26BrN5O. The Morgan fingerprint density at radius 1 is 1.24 bits per heavy atom. The van der Waals surface area contributed by atoms with Gasteiger partial charge in [-0.1, -0.05) is 22.0 Å². The first-order valence-corrected chi connectivity index (χ1v) is 9.21. The average Bonchev–Trinajstić information content (AvgIpc) is 2.91. The van der Waals surface area contributed by atoms with Crippen molar-refractivity contribution in [3.8, 4) is 5.75 Å². The van der Waals surface area contributed by atoms with Gasteiger partial charge in [-0.3, -0.25) is 9.67 Å². The number of aromatic nitrogens is 2. The molecule has 0 fully saturated rings. The van der Waals surface area contributed by atoms with E-state index in [4.69, 9.17) is 4.74 Å². The molecule has 0 amide bonds. The summed E-state index contributed by atoms with van der Waals surface area (Å²) < 4.78 is 8.75. The van der Waals surface area contributed by atoms with Crippen molar-refractivity contribution in [2.24, 2.45) is 4.99 Å². The van der Waals surface area contributed by atoms with Crippen molar-refractivity contribution in [1.29, 1.82) is 0 Å². The molecule has 0 unspecified atom stereocenters. The number of hydrogen-bond acceptors (Lipinski definition) is 3. The molecule has 1 aromatic carbocycles. The van der Waals surface area contributed by atoms with Gasteiger partial charge in [-0.05, 0) is 44.5 Å². The molecule has 1 heterocycles. The highest BCUT2D eigenvalue weighted by Gasteiger charge is 2.01. The molecule has 25 heavy (non-hydrogen) atoms. The molecule has 7 heteroatoms. The zero-order chi connectivity index (χ0) is 18.1. The number of nitrogens with one attached hydrogen (secondary N) is 2. The van der Waals surface area contributed by atoms with Gasteiger partial charge in [0.15, 0.2) is 5.96 Å². The number of benzene rings is 1. The normalized spacial score (nSPS) is 11.4. The molecule has 136 valence electrons. The molecule has 0 aliphatic heterocycles. The van der Waals surface area contributed by atoms with Crippen LogP contribution < -0.4 is 15.4 Å². The fraction of sp³-hybridized carbons (Fsp3) is 0.444. The maximum atomic E-state index is 5.69. The Hall–Kier alpha value is -2.02. The summed E-state index contributed by atoms with van der Waals surface area (Å²) in [6, 6.07) is 9.92. The van der Waals surface area contributed by atoms with Gasteiger partial charge in [-0.2, -0.15) is 5.10 Å². The molecule has 2 N–H and O–H groups in total. The number of nitrogens with zero attached hydrogens (tertiary/aromatic N) is 3. The fourth-order valence-electron chi connectivity index (χ4n) is 2.45. The van der Waals surface area contributed by atoms with Crippen molar-refractivity contribution in [2.75, 3.05) is 26.7 Å². The second kappa shape index (κ2) is 10.1. The topological polar surface area (TPSA) is 63.5 Å². The monoisotopic (exact) mass is 407 g/mol. The van der Waals surface area contributed by atoms with Gasteiger partial charge in [0, 0.05) is 30.3 Å². The first kappa shape index (κ1) is 19.3. The van der Waals surface area contributed by atoms with Gasteiger partial charge in [-0.15, -0.1) is 0 Å². The van der Waals surface area contributed by atoms with Crippen LogP contribution in [0.2, 0.25) is 0 Å². The van der Waals surface area contributed by atoms with E-state index in [9.17, 15) is 0 Å². The zero-order valence-corrected chi connectivity index (χ0v) is 16.6. The summed E-state index contributed by atoms with van der Waals surface area (Å²) in [5.74, 6) is 1.63. The van der Waals surface area contributed by atoms with Gasteiger partial charge in [0.1, 0.15) is 12.4 Å². The van der Waals surface area contributed by atoms with Crippen molar-refractivity contribution in [1.82, 2.24) is 20.4 Å². The fourth-order valence-corrected chi connectivity index (χ4v) is 2.83. The lowest BCUT2D eigenvalue weighted by atomic mass is 10.3. The minimum atomic E-state index is 0.572. The maximum Gasteiger partial charge on any atom is 0.191 e. The first-order valence-electron chi connectivity index (χ1n) is 8.42. The summed E-state index contributed by atoms with van der Waals surface area (Å²) in [6.07, 6.45) is 0.983. The van der Waals surface area contributed by atoms with Gasteiger partial charge in [-0.25, -0.2) is 0 Å². The standard InChI is InChI=1S/C18H26BrN5O/c1-14-12-15(2)24(23-14)10-5-8-21-18(20-3)22-9-11-25-17-7-4-6-16(19)13-17/h4,6-7,12-13H,5,8-11H2,1-3H3,(H2,20,21,22). The quantitative estimate of drug-likeness (QED) is 0.401. The predicted octanol–water partition coefficient (Wildman–Crippen LogP) is 2.90. The molecule has 0 saturated carbocycles. The second-order valence-corrected chi connectivity index (χ2v) is 6.65. The smallest absolute Gasteiger partial charge is 0.191 e. The molecule has 1 aromatic heterocycles. The van der Waals surface area contributed by atoms with Crippen LogP contribution in [0.1, 0.15) is 17.8 Å². The number of hydrogen-bond donors (Lipinski definition) is 2. The van der Waals surface area contributed by atoms with Crippen LogP contribution in [-0.2, 0) is 6.54 Å². The summed E-state index contributed by atoms with van der Waals surface area (Å²) in [4.78, 5) is 4.22. The van der Waals surface area contributed by atoms with Crippen LogP contribution >= 0.6 is 15.9 Å². The Bertz CT molecular complexity index is 699. The molecule has 0 spiro atoms. The van der Waals surface area contributed by atoms with Crippen molar-refractivity contribution < 1.29 is 4.74 Å². The third kappa shape index (κ3) is 6.78. The van der Waals surface area contributed by atoms with E-state index in [1.165, 1.54) is 5.69 Å². The maximum absolute atomic E-state index is 5.69. The molecule has 6 nitrogen and oxygen atoms in total. The largest absolute Gasteiger partial charge is 0.492 e. The number of ether oxygens (including phenoxy) is 1. The Balaban J connectivity index is 1.61. The van der Waals surface area contributed by atoms with Gasteiger partial charge in [0.05, 0.1) is 12.2 Å². The Morgan fingerprint density at radius 2 is 2.04 bits per heavy atom. The van der Waals surface area contributed by atoms with E-state index < -0.39 is 0 Å². The van der Waals surface area contributed by atoms with Crippen molar-refractivity contribution in [2.45, 2.75) is 26.8 Å². The number of rotatable bonds is 8. The summed E-state index contributed by atoms with van der Waals surface area (Å²) in [6.45, 7) is 7.09. The SMILES string of the molecule is CN=C(NCCCn1nc(C)cc1C)NCCOc1cccc(Br)c1. The zero-order valence-electron chi connectivity index (χ0n) is 15.1. The van der Waals surface area contributed by atoms with Gasteiger partial charge < -0.3 is 15.4 Å². The van der Waals surface area contributed by atoms with E-state index in [1.807, 2.05) is 35.9 Å². The number of aryl methyl sites for hydroxylation is 3. The van der Waals surface area contributed by atoms with E-state index in [0.29, 0.717) is 13.2 Å². The van der Waals surface area contributed by atoms with Crippen molar-refractivity contribution in [3.05, 3.63) is 46.2 Å². The Labute approximate surface area is 157 Å². The lowest BCUT2D eigenvalue weighted by Crippen LogP contribution is -2.39. The van der Waals surface area contributed by atoms with Crippen LogP contribution in [0.4, 0.5) is 0 Å². The molecule has 0 atom stereocenters. The van der Waals surface area contributed by atoms with Gasteiger partial charge in [0.25, 0.3) is 0 Å². The molecule has 0 aliphatic rings.